The van der Waals surface area contributed by atoms with E-state index >= 15 is 0 Å². The minimum atomic E-state index is 0. The Morgan fingerprint density at radius 2 is 2.05 bits per heavy atom. The van der Waals surface area contributed by atoms with Crippen LogP contribution in [0.25, 0.3) is 0 Å². The van der Waals surface area contributed by atoms with Gasteiger partial charge in [0.2, 0.25) is 0 Å². The molecule has 0 aromatic heterocycles. The molecular weight excluding hydrogens is 473 g/mol. The molecule has 1 aromatic rings. The summed E-state index contributed by atoms with van der Waals surface area (Å²) in [4.78, 5) is 4.31. The summed E-state index contributed by atoms with van der Waals surface area (Å²) in [5.41, 5.74) is 1.69. The Bertz CT molecular complexity index is 492. The molecule has 22 heavy (non-hydrogen) atoms. The lowest BCUT2D eigenvalue weighted by molar-refractivity contribution is 0.642. The third kappa shape index (κ3) is 5.60. The number of hydrogen-bond acceptors (Lipinski definition) is 2. The van der Waals surface area contributed by atoms with Gasteiger partial charge in [0.25, 0.3) is 0 Å². The molecule has 1 aliphatic carbocycles. The topological polar surface area (TPSA) is 36.4 Å². The summed E-state index contributed by atoms with van der Waals surface area (Å²) >= 11 is 5.56. The average molecular weight is 498 g/mol. The largest absolute Gasteiger partial charge is 0.356 e. The van der Waals surface area contributed by atoms with Gasteiger partial charge in [-0.05, 0) is 42.9 Å². The highest BCUT2D eigenvalue weighted by molar-refractivity contribution is 14.0. The normalized spacial score (nSPS) is 15.9. The molecule has 0 atom stereocenters. The van der Waals surface area contributed by atoms with Crippen LogP contribution in [-0.4, -0.2) is 38.1 Å². The molecule has 2 rings (SSSR count). The Balaban J connectivity index is 0.00000242. The van der Waals surface area contributed by atoms with Crippen molar-refractivity contribution in [3.8, 4) is 0 Å². The van der Waals surface area contributed by atoms with E-state index in [4.69, 9.17) is 0 Å². The molecule has 0 spiro atoms. The second-order valence-corrected chi connectivity index (χ2v) is 7.30. The highest BCUT2D eigenvalue weighted by atomic mass is 127. The summed E-state index contributed by atoms with van der Waals surface area (Å²) in [5, 5.41) is 6.87. The maximum Gasteiger partial charge on any atom is 0.191 e. The quantitative estimate of drug-likeness (QED) is 0.258. The van der Waals surface area contributed by atoms with Crippen LogP contribution in [0.3, 0.4) is 0 Å². The smallest absolute Gasteiger partial charge is 0.191 e. The molecule has 124 valence electrons. The second-order valence-electron chi connectivity index (χ2n) is 5.46. The van der Waals surface area contributed by atoms with Crippen molar-refractivity contribution in [2.75, 3.05) is 32.1 Å². The summed E-state index contributed by atoms with van der Waals surface area (Å²) < 4.78 is 1.22. The molecule has 0 bridgehead atoms. The van der Waals surface area contributed by atoms with Crippen molar-refractivity contribution in [1.29, 1.82) is 0 Å². The first-order valence-electron chi connectivity index (χ1n) is 7.40. The predicted octanol–water partition coefficient (Wildman–Crippen LogP) is 4.02. The molecule has 1 saturated carbocycles. The molecule has 0 saturated heterocycles. The lowest BCUT2D eigenvalue weighted by Crippen LogP contribution is -2.41. The molecule has 0 radical (unpaired) electrons. The summed E-state index contributed by atoms with van der Waals surface area (Å²) in [6.45, 7) is 1.92. The van der Waals surface area contributed by atoms with E-state index in [2.05, 4.69) is 62.1 Å². The molecule has 0 heterocycles. The fourth-order valence-electron chi connectivity index (χ4n) is 2.48. The van der Waals surface area contributed by atoms with E-state index in [9.17, 15) is 0 Å². The molecule has 0 aliphatic heterocycles. The number of nitrogens with zero attached hydrogens (tertiary/aromatic N) is 1. The number of nitrogens with one attached hydrogen (secondary N) is 2. The minimum Gasteiger partial charge on any atom is -0.356 e. The number of hydrogen-bond donors (Lipinski definition) is 2. The van der Waals surface area contributed by atoms with E-state index in [-0.39, 0.29) is 29.4 Å². The predicted molar refractivity (Wildman–Crippen MR) is 113 cm³/mol. The van der Waals surface area contributed by atoms with Crippen molar-refractivity contribution in [2.24, 2.45) is 4.99 Å². The Kier molecular flexibility index (Phi) is 9.16. The van der Waals surface area contributed by atoms with Crippen LogP contribution >= 0.6 is 51.7 Å². The highest BCUT2D eigenvalue weighted by Crippen LogP contribution is 2.49. The standard InChI is InChI=1S/C16H24BrN3S.HI/c1-18-15(19-10-5-11-21-2)20-12-16(8-9-16)13-6-3-4-7-14(13)17;/h3-4,6-7H,5,8-12H2,1-2H3,(H2,18,19,20);1H. The van der Waals surface area contributed by atoms with Gasteiger partial charge in [0, 0.05) is 30.0 Å². The minimum absolute atomic E-state index is 0. The maximum atomic E-state index is 4.31. The summed E-state index contributed by atoms with van der Waals surface area (Å²) in [7, 11) is 1.84. The van der Waals surface area contributed by atoms with Crippen LogP contribution in [0.5, 0.6) is 0 Å². The van der Waals surface area contributed by atoms with Crippen molar-refractivity contribution in [3.05, 3.63) is 34.3 Å². The van der Waals surface area contributed by atoms with E-state index in [0.717, 1.165) is 25.5 Å². The molecule has 0 amide bonds. The fourth-order valence-corrected chi connectivity index (χ4v) is 3.62. The number of thioether (sulfide) groups is 1. The van der Waals surface area contributed by atoms with Crippen LogP contribution < -0.4 is 10.6 Å². The number of guanidine groups is 1. The molecule has 1 aliphatic rings. The Morgan fingerprint density at radius 1 is 1.32 bits per heavy atom. The number of rotatable bonds is 7. The van der Waals surface area contributed by atoms with Crippen molar-refractivity contribution in [3.63, 3.8) is 0 Å². The lowest BCUT2D eigenvalue weighted by Gasteiger charge is -2.20. The zero-order valence-corrected chi connectivity index (χ0v) is 17.9. The van der Waals surface area contributed by atoms with Crippen LogP contribution in [-0.2, 0) is 5.41 Å². The van der Waals surface area contributed by atoms with Crippen molar-refractivity contribution in [1.82, 2.24) is 10.6 Å². The Labute approximate surface area is 163 Å². The Morgan fingerprint density at radius 3 is 2.64 bits per heavy atom. The van der Waals surface area contributed by atoms with E-state index in [1.54, 1.807) is 0 Å². The van der Waals surface area contributed by atoms with E-state index < -0.39 is 0 Å². The molecule has 1 aromatic carbocycles. The number of benzene rings is 1. The van der Waals surface area contributed by atoms with Crippen molar-refractivity contribution in [2.45, 2.75) is 24.7 Å². The molecule has 6 heteroatoms. The average Bonchev–Trinajstić information content (AvgIpc) is 3.28. The van der Waals surface area contributed by atoms with Crippen molar-refractivity contribution < 1.29 is 0 Å². The molecule has 0 unspecified atom stereocenters. The van der Waals surface area contributed by atoms with Crippen LogP contribution in [0.2, 0.25) is 0 Å². The highest BCUT2D eigenvalue weighted by Gasteiger charge is 2.45. The van der Waals surface area contributed by atoms with Gasteiger partial charge >= 0.3 is 0 Å². The third-order valence-electron chi connectivity index (χ3n) is 3.93. The van der Waals surface area contributed by atoms with Crippen LogP contribution in [0.15, 0.2) is 33.7 Å². The summed E-state index contributed by atoms with van der Waals surface area (Å²) in [6, 6.07) is 8.55. The van der Waals surface area contributed by atoms with Gasteiger partial charge in [-0.15, -0.1) is 24.0 Å². The van der Waals surface area contributed by atoms with E-state index in [1.165, 1.54) is 28.6 Å². The second kappa shape index (κ2) is 10.0. The molecule has 3 nitrogen and oxygen atoms in total. The van der Waals surface area contributed by atoms with Gasteiger partial charge in [-0.2, -0.15) is 11.8 Å². The van der Waals surface area contributed by atoms with Gasteiger partial charge in [-0.25, -0.2) is 0 Å². The van der Waals surface area contributed by atoms with Gasteiger partial charge in [0.05, 0.1) is 0 Å². The molecule has 2 N–H and O–H groups in total. The monoisotopic (exact) mass is 497 g/mol. The third-order valence-corrected chi connectivity index (χ3v) is 5.32. The van der Waals surface area contributed by atoms with Crippen LogP contribution in [0.1, 0.15) is 24.8 Å². The van der Waals surface area contributed by atoms with Gasteiger partial charge < -0.3 is 10.6 Å². The summed E-state index contributed by atoms with van der Waals surface area (Å²) in [5.74, 6) is 2.10. The maximum absolute atomic E-state index is 4.31. The zero-order chi connectivity index (χ0) is 15.1. The van der Waals surface area contributed by atoms with Crippen molar-refractivity contribution >= 4 is 57.6 Å². The fraction of sp³-hybridized carbons (Fsp3) is 0.562. The first-order chi connectivity index (χ1) is 10.2. The SMILES string of the molecule is CN=C(NCCCSC)NCC1(c2ccccc2Br)CC1.I. The van der Waals surface area contributed by atoms with Gasteiger partial charge in [0.1, 0.15) is 0 Å². The van der Waals surface area contributed by atoms with Crippen LogP contribution in [0, 0.1) is 0 Å². The number of halogens is 2. The van der Waals surface area contributed by atoms with Gasteiger partial charge in [0.15, 0.2) is 5.96 Å². The van der Waals surface area contributed by atoms with E-state index in [0.29, 0.717) is 0 Å². The molecular formula is C16H25BrIN3S. The van der Waals surface area contributed by atoms with Crippen LogP contribution in [0.4, 0.5) is 0 Å². The molecule has 1 fully saturated rings. The summed E-state index contributed by atoms with van der Waals surface area (Å²) in [6.07, 6.45) is 5.79. The van der Waals surface area contributed by atoms with Gasteiger partial charge in [-0.3, -0.25) is 4.99 Å². The number of aliphatic imine (C=N–C) groups is 1. The lowest BCUT2D eigenvalue weighted by atomic mass is 9.96. The Hall–Kier alpha value is 0.0500. The first-order valence-corrected chi connectivity index (χ1v) is 9.59. The zero-order valence-electron chi connectivity index (χ0n) is 13.2. The van der Waals surface area contributed by atoms with E-state index in [1.807, 2.05) is 18.8 Å². The van der Waals surface area contributed by atoms with Gasteiger partial charge in [-0.1, -0.05) is 34.1 Å². The first kappa shape index (κ1) is 20.1.